The quantitative estimate of drug-likeness (QED) is 0.369. The van der Waals surface area contributed by atoms with E-state index in [1.807, 2.05) is 0 Å². The number of methoxy groups -OCH3 is 2. The van der Waals surface area contributed by atoms with Gasteiger partial charge in [-0.2, -0.15) is 0 Å². The summed E-state index contributed by atoms with van der Waals surface area (Å²) in [5, 5.41) is 3.61. The molecule has 2 aromatic carbocycles. The van der Waals surface area contributed by atoms with Crippen LogP contribution in [0.5, 0.6) is 11.5 Å². The topological polar surface area (TPSA) is 103 Å². The number of benzene rings is 2. The van der Waals surface area contributed by atoms with Crippen molar-refractivity contribution >= 4 is 45.9 Å². The maximum Gasteiger partial charge on any atom is 0.322 e. The zero-order chi connectivity index (χ0) is 25.0. The fraction of sp³-hybridized carbons (Fsp3) is 0.304. The van der Waals surface area contributed by atoms with Crippen molar-refractivity contribution in [2.75, 3.05) is 26.6 Å². The Bertz CT molecular complexity index is 1240. The van der Waals surface area contributed by atoms with Crippen molar-refractivity contribution in [2.24, 2.45) is 0 Å². The zero-order valence-corrected chi connectivity index (χ0v) is 20.1. The van der Waals surface area contributed by atoms with Crippen LogP contribution in [-0.4, -0.2) is 54.1 Å². The first-order chi connectivity index (χ1) is 16.1. The molecular weight excluding hydrogens is 467 g/mol. The number of hydrogen-bond acceptors (Lipinski definition) is 9. The van der Waals surface area contributed by atoms with Gasteiger partial charge in [0.25, 0.3) is 0 Å². The largest absolute Gasteiger partial charge is 0.493 e. The van der Waals surface area contributed by atoms with Crippen LogP contribution in [0.25, 0.3) is 10.9 Å². The second kappa shape index (κ2) is 10.6. The molecule has 0 bridgehead atoms. The van der Waals surface area contributed by atoms with Crippen LogP contribution in [-0.2, 0) is 20.9 Å². The van der Waals surface area contributed by atoms with Gasteiger partial charge in [-0.15, -0.1) is 0 Å². The molecule has 1 heterocycles. The molecule has 0 aliphatic heterocycles. The molecule has 0 aliphatic rings. The lowest BCUT2D eigenvalue weighted by Gasteiger charge is -2.24. The molecule has 11 heteroatoms. The van der Waals surface area contributed by atoms with Crippen molar-refractivity contribution in [3.8, 4) is 11.5 Å². The van der Waals surface area contributed by atoms with Gasteiger partial charge in [0.15, 0.2) is 11.5 Å². The standard InChI is InChI=1S/C23H24ClFN4O5/c1-12(23(31)33-5)29(3)10-14-6-17(25)16(24)8-18(14)28-22-15-7-21(34-13(2)30)20(32-4)9-19(15)26-11-27-22/h6-9,11-12H,10H2,1-5H3,(H,26,27,28)/t12-/m0/s1. The van der Waals surface area contributed by atoms with Gasteiger partial charge in [-0.3, -0.25) is 14.5 Å². The minimum absolute atomic E-state index is 0.0875. The van der Waals surface area contributed by atoms with Crippen LogP contribution in [0.15, 0.2) is 30.6 Å². The lowest BCUT2D eigenvalue weighted by Crippen LogP contribution is -2.36. The Morgan fingerprint density at radius 2 is 1.91 bits per heavy atom. The maximum absolute atomic E-state index is 14.3. The average molecular weight is 491 g/mol. The number of ether oxygens (including phenoxy) is 3. The van der Waals surface area contributed by atoms with Crippen LogP contribution in [0.2, 0.25) is 5.02 Å². The molecule has 0 radical (unpaired) electrons. The smallest absolute Gasteiger partial charge is 0.322 e. The van der Waals surface area contributed by atoms with Crippen molar-refractivity contribution < 1.29 is 28.2 Å². The van der Waals surface area contributed by atoms with Gasteiger partial charge in [0, 0.05) is 30.6 Å². The molecule has 0 saturated heterocycles. The minimum atomic E-state index is -0.601. The predicted octanol–water partition coefficient (Wildman–Crippen LogP) is 4.09. The summed E-state index contributed by atoms with van der Waals surface area (Å²) in [7, 11) is 4.48. The van der Waals surface area contributed by atoms with E-state index in [-0.39, 0.29) is 17.3 Å². The monoisotopic (exact) mass is 490 g/mol. The van der Waals surface area contributed by atoms with Crippen molar-refractivity contribution in [1.29, 1.82) is 0 Å². The molecule has 0 unspecified atom stereocenters. The molecule has 1 N–H and O–H groups in total. The summed E-state index contributed by atoms with van der Waals surface area (Å²) < 4.78 is 29.7. The predicted molar refractivity (Wildman–Crippen MR) is 125 cm³/mol. The number of likely N-dealkylation sites (N-methyl/N-ethyl adjacent to an activating group) is 1. The molecule has 0 spiro atoms. The molecule has 1 atom stereocenters. The van der Waals surface area contributed by atoms with E-state index in [1.54, 1.807) is 31.0 Å². The third-order valence-electron chi connectivity index (χ3n) is 5.20. The number of anilines is 2. The first-order valence-corrected chi connectivity index (χ1v) is 10.6. The number of carbonyl (C=O) groups excluding carboxylic acids is 2. The first kappa shape index (κ1) is 25.1. The number of halogens is 2. The van der Waals surface area contributed by atoms with Gasteiger partial charge in [0.05, 0.1) is 24.8 Å². The highest BCUT2D eigenvalue weighted by Crippen LogP contribution is 2.36. The number of nitrogens with one attached hydrogen (secondary N) is 1. The Morgan fingerprint density at radius 3 is 2.56 bits per heavy atom. The highest BCUT2D eigenvalue weighted by molar-refractivity contribution is 6.31. The van der Waals surface area contributed by atoms with Gasteiger partial charge in [0.1, 0.15) is 24.0 Å². The second-order valence-corrected chi connectivity index (χ2v) is 7.91. The minimum Gasteiger partial charge on any atom is -0.493 e. The summed E-state index contributed by atoms with van der Waals surface area (Å²) in [6, 6.07) is 5.36. The fourth-order valence-corrected chi connectivity index (χ4v) is 3.44. The average Bonchev–Trinajstić information content (AvgIpc) is 2.80. The Labute approximate surface area is 200 Å². The molecule has 3 rings (SSSR count). The van der Waals surface area contributed by atoms with Gasteiger partial charge in [-0.1, -0.05) is 11.6 Å². The summed E-state index contributed by atoms with van der Waals surface area (Å²) in [5.74, 6) is -0.635. The van der Waals surface area contributed by atoms with Crippen molar-refractivity contribution in [3.63, 3.8) is 0 Å². The van der Waals surface area contributed by atoms with Crippen LogP contribution in [0.1, 0.15) is 19.4 Å². The zero-order valence-electron chi connectivity index (χ0n) is 19.3. The number of aromatic nitrogens is 2. The van der Waals surface area contributed by atoms with Gasteiger partial charge >= 0.3 is 11.9 Å². The molecule has 0 aliphatic carbocycles. The maximum atomic E-state index is 14.3. The van der Waals surface area contributed by atoms with Crippen LogP contribution in [0.3, 0.4) is 0 Å². The number of nitrogens with zero attached hydrogens (tertiary/aromatic N) is 3. The number of fused-ring (bicyclic) bond motifs is 1. The Balaban J connectivity index is 2.04. The van der Waals surface area contributed by atoms with Gasteiger partial charge in [-0.05, 0) is 37.7 Å². The van der Waals surface area contributed by atoms with E-state index in [0.29, 0.717) is 33.7 Å². The van der Waals surface area contributed by atoms with Crippen LogP contribution >= 0.6 is 11.6 Å². The Morgan fingerprint density at radius 1 is 1.18 bits per heavy atom. The summed E-state index contributed by atoms with van der Waals surface area (Å²) in [4.78, 5) is 33.7. The molecule has 180 valence electrons. The van der Waals surface area contributed by atoms with E-state index in [0.717, 1.165) is 0 Å². The Kier molecular flexibility index (Phi) is 7.85. The van der Waals surface area contributed by atoms with Gasteiger partial charge in [-0.25, -0.2) is 14.4 Å². The van der Waals surface area contributed by atoms with Crippen LogP contribution in [0.4, 0.5) is 15.9 Å². The molecule has 1 aromatic heterocycles. The van der Waals surface area contributed by atoms with Crippen molar-refractivity contribution in [2.45, 2.75) is 26.4 Å². The van der Waals surface area contributed by atoms with Crippen molar-refractivity contribution in [3.05, 3.63) is 47.0 Å². The highest BCUT2D eigenvalue weighted by Gasteiger charge is 2.21. The third kappa shape index (κ3) is 5.52. The van der Waals surface area contributed by atoms with E-state index < -0.39 is 23.8 Å². The molecule has 0 saturated carbocycles. The second-order valence-electron chi connectivity index (χ2n) is 7.50. The molecule has 0 fully saturated rings. The first-order valence-electron chi connectivity index (χ1n) is 10.2. The molecule has 0 amide bonds. The summed E-state index contributed by atoms with van der Waals surface area (Å²) in [6.07, 6.45) is 1.35. The summed E-state index contributed by atoms with van der Waals surface area (Å²) in [5.41, 5.74) is 1.53. The fourth-order valence-electron chi connectivity index (χ4n) is 3.28. The van der Waals surface area contributed by atoms with E-state index in [4.69, 9.17) is 25.8 Å². The summed E-state index contributed by atoms with van der Waals surface area (Å²) >= 11 is 6.05. The molecular formula is C23H24ClFN4O5. The van der Waals surface area contributed by atoms with Crippen LogP contribution < -0.4 is 14.8 Å². The number of rotatable bonds is 8. The molecule has 9 nitrogen and oxygen atoms in total. The lowest BCUT2D eigenvalue weighted by molar-refractivity contribution is -0.146. The summed E-state index contributed by atoms with van der Waals surface area (Å²) in [6.45, 7) is 3.18. The normalized spacial score (nSPS) is 11.9. The van der Waals surface area contributed by atoms with E-state index >= 15 is 0 Å². The SMILES string of the molecule is COC(=O)[C@H](C)N(C)Cc1cc(F)c(Cl)cc1Nc1ncnc2cc(OC)c(OC(C)=O)cc12. The van der Waals surface area contributed by atoms with E-state index in [9.17, 15) is 14.0 Å². The number of esters is 2. The molecule has 3 aromatic rings. The van der Waals surface area contributed by atoms with E-state index in [1.165, 1.54) is 39.6 Å². The lowest BCUT2D eigenvalue weighted by atomic mass is 10.1. The number of hydrogen-bond donors (Lipinski definition) is 1. The van der Waals surface area contributed by atoms with E-state index in [2.05, 4.69) is 15.3 Å². The number of carbonyl (C=O) groups is 2. The van der Waals surface area contributed by atoms with Gasteiger partial charge in [0.2, 0.25) is 0 Å². The van der Waals surface area contributed by atoms with Crippen LogP contribution in [0, 0.1) is 5.82 Å². The highest BCUT2D eigenvalue weighted by atomic mass is 35.5. The Hall–Kier alpha value is -3.50. The van der Waals surface area contributed by atoms with Crippen molar-refractivity contribution in [1.82, 2.24) is 14.9 Å². The van der Waals surface area contributed by atoms with Gasteiger partial charge < -0.3 is 19.5 Å². The third-order valence-corrected chi connectivity index (χ3v) is 5.49. The molecule has 34 heavy (non-hydrogen) atoms.